The highest BCUT2D eigenvalue weighted by Gasteiger charge is 2.46. The molecule has 5 heteroatoms. The van der Waals surface area contributed by atoms with Crippen LogP contribution in [-0.2, 0) is 0 Å². The van der Waals surface area contributed by atoms with Gasteiger partial charge in [0, 0.05) is 55.5 Å². The van der Waals surface area contributed by atoms with Gasteiger partial charge in [0.25, 0.3) is 0 Å². The van der Waals surface area contributed by atoms with E-state index in [-0.39, 0.29) is 0 Å². The van der Waals surface area contributed by atoms with E-state index in [1.807, 2.05) is 0 Å². The first-order valence-corrected chi connectivity index (χ1v) is 20.0. The Morgan fingerprint density at radius 2 is 1.06 bits per heavy atom. The summed E-state index contributed by atoms with van der Waals surface area (Å²) in [5, 5.41) is 8.58. The maximum absolute atomic E-state index is 6.67. The van der Waals surface area contributed by atoms with Crippen LogP contribution in [0.25, 0.3) is 76.6 Å². The monoisotopic (exact) mass is 662 g/mol. The highest BCUT2D eigenvalue weighted by molar-refractivity contribution is 6.37. The van der Waals surface area contributed by atoms with E-state index in [0.29, 0.717) is 23.7 Å². The minimum Gasteiger partial charge on any atom is -0.453 e. The van der Waals surface area contributed by atoms with Crippen molar-refractivity contribution in [3.8, 4) is 0 Å². The van der Waals surface area contributed by atoms with Crippen molar-refractivity contribution in [2.24, 2.45) is 23.7 Å². The van der Waals surface area contributed by atoms with Crippen LogP contribution in [0.5, 0.6) is 0 Å². The zero-order valence-electron chi connectivity index (χ0n) is 28.7. The van der Waals surface area contributed by atoms with E-state index in [9.17, 15) is 0 Å². The number of aromatic nitrogens is 4. The molecule has 5 nitrogen and oxygen atoms in total. The molecule has 6 aromatic heterocycles. The number of rotatable bonds is 0. The molecule has 0 spiro atoms. The second-order valence-corrected chi connectivity index (χ2v) is 18.2. The molecule has 17 rings (SSSR count). The first-order valence-electron chi connectivity index (χ1n) is 20.0. The second kappa shape index (κ2) is 8.52. The van der Waals surface area contributed by atoms with Crippen molar-refractivity contribution in [1.82, 2.24) is 18.8 Å². The summed E-state index contributed by atoms with van der Waals surface area (Å²) in [7, 11) is 0. The Bertz CT molecular complexity index is 3040. The van der Waals surface area contributed by atoms with Crippen LogP contribution in [0.15, 0.2) is 65.3 Å². The smallest absolute Gasteiger partial charge is 0.152 e. The van der Waals surface area contributed by atoms with Gasteiger partial charge < -0.3 is 13.2 Å². The van der Waals surface area contributed by atoms with Gasteiger partial charge in [-0.1, -0.05) is 24.3 Å². The lowest BCUT2D eigenvalue weighted by atomic mass is 9.67. The van der Waals surface area contributed by atoms with E-state index >= 15 is 0 Å². The summed E-state index contributed by atoms with van der Waals surface area (Å²) in [6.07, 6.45) is 18.1. The first kappa shape index (κ1) is 26.2. The van der Waals surface area contributed by atoms with Crippen molar-refractivity contribution in [2.45, 2.75) is 87.9 Å². The van der Waals surface area contributed by atoms with Crippen LogP contribution >= 0.6 is 0 Å². The molecule has 0 radical (unpaired) electrons. The van der Waals surface area contributed by atoms with Crippen LogP contribution < -0.4 is 0 Å². The normalized spacial score (nSPS) is 30.7. The molecule has 8 aliphatic carbocycles. The summed E-state index contributed by atoms with van der Waals surface area (Å²) >= 11 is 0. The van der Waals surface area contributed by atoms with E-state index in [4.69, 9.17) is 14.4 Å². The average Bonchev–Trinajstić information content (AvgIpc) is 3.69. The highest BCUT2D eigenvalue weighted by atomic mass is 16.3. The van der Waals surface area contributed by atoms with Crippen molar-refractivity contribution in [1.29, 1.82) is 0 Å². The van der Waals surface area contributed by atoms with Gasteiger partial charge in [-0.3, -0.25) is 9.97 Å². The molecule has 0 amide bonds. The van der Waals surface area contributed by atoms with Gasteiger partial charge in [-0.15, -0.1) is 0 Å². The first-order chi connectivity index (χ1) is 25.2. The Balaban J connectivity index is 1.22. The lowest BCUT2D eigenvalue weighted by Gasteiger charge is -2.38. The summed E-state index contributed by atoms with van der Waals surface area (Å²) < 4.78 is 11.9. The number of benzene rings is 3. The molecule has 3 aromatic carbocycles. The van der Waals surface area contributed by atoms with Gasteiger partial charge >= 0.3 is 0 Å². The van der Waals surface area contributed by atoms with E-state index in [1.165, 1.54) is 135 Å². The van der Waals surface area contributed by atoms with E-state index in [0.717, 1.165) is 40.4 Å². The van der Waals surface area contributed by atoms with Crippen LogP contribution in [0, 0.1) is 23.7 Å². The van der Waals surface area contributed by atoms with Gasteiger partial charge in [0.2, 0.25) is 0 Å². The lowest BCUT2D eigenvalue weighted by Crippen LogP contribution is -2.25. The molecule has 51 heavy (non-hydrogen) atoms. The highest BCUT2D eigenvalue weighted by Crippen LogP contribution is 2.61. The molecule has 8 aliphatic rings. The minimum atomic E-state index is 0.601. The van der Waals surface area contributed by atoms with Crippen LogP contribution in [0.3, 0.4) is 0 Å². The quantitative estimate of drug-likeness (QED) is 0.152. The zero-order valence-corrected chi connectivity index (χ0v) is 28.7. The van der Waals surface area contributed by atoms with E-state index < -0.39 is 0 Å². The Morgan fingerprint density at radius 3 is 1.76 bits per heavy atom. The lowest BCUT2D eigenvalue weighted by molar-refractivity contribution is 0.165. The molecule has 0 saturated heterocycles. The predicted octanol–water partition coefficient (Wildman–Crippen LogP) is 11.7. The largest absolute Gasteiger partial charge is 0.453 e. The number of pyridine rings is 2. The van der Waals surface area contributed by atoms with Crippen molar-refractivity contribution in [2.75, 3.05) is 0 Å². The van der Waals surface area contributed by atoms with Crippen molar-refractivity contribution >= 4 is 76.6 Å². The van der Waals surface area contributed by atoms with Gasteiger partial charge in [-0.25, -0.2) is 0 Å². The summed E-state index contributed by atoms with van der Waals surface area (Å²) in [5.74, 6) is 5.87. The van der Waals surface area contributed by atoms with Crippen molar-refractivity contribution < 1.29 is 4.42 Å². The van der Waals surface area contributed by atoms with Gasteiger partial charge in [0.1, 0.15) is 0 Å². The maximum Gasteiger partial charge on any atom is 0.152 e. The third-order valence-corrected chi connectivity index (χ3v) is 15.7. The fourth-order valence-electron chi connectivity index (χ4n) is 14.4. The molecular weight excluding hydrogens is 625 g/mol. The number of fused-ring (bicyclic) bond motifs is 12. The molecule has 248 valence electrons. The molecule has 4 unspecified atom stereocenters. The third kappa shape index (κ3) is 2.94. The zero-order chi connectivity index (χ0) is 32.4. The predicted molar refractivity (Wildman–Crippen MR) is 204 cm³/mol. The van der Waals surface area contributed by atoms with Crippen molar-refractivity contribution in [3.63, 3.8) is 0 Å². The van der Waals surface area contributed by atoms with E-state index in [2.05, 4.69) is 69.7 Å². The van der Waals surface area contributed by atoms with E-state index in [1.54, 1.807) is 11.1 Å². The van der Waals surface area contributed by atoms with Gasteiger partial charge in [0.15, 0.2) is 11.2 Å². The van der Waals surface area contributed by atoms with Crippen LogP contribution in [-0.4, -0.2) is 18.8 Å². The van der Waals surface area contributed by atoms with Crippen LogP contribution in [0.4, 0.5) is 0 Å². The molecule has 8 bridgehead atoms. The molecule has 0 aliphatic heterocycles. The van der Waals surface area contributed by atoms with Gasteiger partial charge in [0.05, 0.1) is 45.5 Å². The standard InChI is InChI=1S/C46H38N4O/c1-2-6-35-31(5-1)49-32-18-30-40-33(19-47-43-27-14-21-8-22(15-27)11-25(10-21)37(40)43)50-34-20-48-44-28-16-23-9-24(17-28)13-26(12-23)38(44)41(34)42(46(30)50)39(32)29-4-3-7-36(51-35)45(29)49/h1-7,18-28H,8-17H2. The number of hydrogen-bond donors (Lipinski definition) is 0. The maximum atomic E-state index is 6.67. The third-order valence-electron chi connectivity index (χ3n) is 15.7. The van der Waals surface area contributed by atoms with Crippen LogP contribution in [0.2, 0.25) is 0 Å². The molecule has 9 aromatic rings. The molecule has 4 atom stereocenters. The topological polar surface area (TPSA) is 47.7 Å². The molecule has 4 saturated carbocycles. The fourth-order valence-corrected chi connectivity index (χ4v) is 14.4. The number of nitrogens with zero attached hydrogens (tertiary/aromatic N) is 4. The minimum absolute atomic E-state index is 0.601. The Labute approximate surface area is 294 Å². The summed E-state index contributed by atoms with van der Waals surface area (Å²) in [5.41, 5.74) is 15.7. The second-order valence-electron chi connectivity index (χ2n) is 18.2. The van der Waals surface area contributed by atoms with Gasteiger partial charge in [-0.2, -0.15) is 0 Å². The SMILES string of the molecule is c1ccc2c(c1)oc1cccc3c4c5c6c7c(ncc6n6c8cnc9c(c8c(cc4n2c13)c56)C1CC2CC(CC9C2)C1)C1CC2CC(C1)CC7C2. The number of hydrogen-bond acceptors (Lipinski definition) is 3. The average molecular weight is 663 g/mol. The Morgan fingerprint density at radius 1 is 0.471 bits per heavy atom. The van der Waals surface area contributed by atoms with Crippen molar-refractivity contribution in [3.05, 3.63) is 83.4 Å². The summed E-state index contributed by atoms with van der Waals surface area (Å²) in [4.78, 5) is 11.0. The Hall–Kier alpha value is -4.64. The summed E-state index contributed by atoms with van der Waals surface area (Å²) in [6, 6.07) is 18.0. The molecule has 4 fully saturated rings. The van der Waals surface area contributed by atoms with Gasteiger partial charge in [-0.05, 0) is 135 Å². The molecule has 0 N–H and O–H groups in total. The molecular formula is C46H38N4O. The Kier molecular flexibility index (Phi) is 4.37. The van der Waals surface area contributed by atoms with Crippen LogP contribution in [0.1, 0.15) is 110 Å². The summed E-state index contributed by atoms with van der Waals surface area (Å²) in [6.45, 7) is 0. The fraction of sp³-hybridized carbons (Fsp3) is 0.391. The number of para-hydroxylation sites is 3. The molecule has 6 heterocycles.